The first-order valence-corrected chi connectivity index (χ1v) is 8.44. The predicted octanol–water partition coefficient (Wildman–Crippen LogP) is 3.70. The number of aromatic hydroxyl groups is 2. The van der Waals surface area contributed by atoms with Crippen molar-refractivity contribution in [2.24, 2.45) is 0 Å². The molecule has 6 heteroatoms. The third kappa shape index (κ3) is 9.11. The topological polar surface area (TPSA) is 72.7 Å². The Morgan fingerprint density at radius 2 is 0.963 bits per heavy atom. The largest absolute Gasteiger partial charge is 0.508 e. The van der Waals surface area contributed by atoms with E-state index in [1.807, 2.05) is 62.3 Å². The molecule has 0 saturated heterocycles. The minimum absolute atomic E-state index is 0.104. The van der Waals surface area contributed by atoms with Crippen molar-refractivity contribution in [3.63, 3.8) is 0 Å². The van der Waals surface area contributed by atoms with Crippen LogP contribution in [-0.2, 0) is 0 Å². The van der Waals surface area contributed by atoms with Crippen molar-refractivity contribution in [1.82, 2.24) is 9.97 Å². The van der Waals surface area contributed by atoms with E-state index < -0.39 is 0 Å². The number of nitrogens with zero attached hydrogens (tertiary/aromatic N) is 4. The Balaban J connectivity index is 0.000000202. The highest BCUT2D eigenvalue weighted by atomic mass is 16.3. The SMILES string of the molecule is CN(C)c1ccncc1.CN(C)c1ccncc1.Cc1cc(O)cc(O)c1. The second-order valence-electron chi connectivity index (χ2n) is 6.23. The minimum atomic E-state index is 0.104. The monoisotopic (exact) mass is 368 g/mol. The van der Waals surface area contributed by atoms with Gasteiger partial charge in [-0.1, -0.05) is 0 Å². The smallest absolute Gasteiger partial charge is 0.119 e. The highest BCUT2D eigenvalue weighted by molar-refractivity contribution is 5.42. The average Bonchev–Trinajstić information content (AvgIpc) is 2.63. The second-order valence-corrected chi connectivity index (χ2v) is 6.23. The third-order valence-electron chi connectivity index (χ3n) is 3.41. The average molecular weight is 368 g/mol. The van der Waals surface area contributed by atoms with Gasteiger partial charge in [-0.05, 0) is 48.9 Å². The number of aromatic nitrogens is 2. The van der Waals surface area contributed by atoms with Crippen LogP contribution in [0.2, 0.25) is 0 Å². The number of rotatable bonds is 2. The summed E-state index contributed by atoms with van der Waals surface area (Å²) < 4.78 is 0. The summed E-state index contributed by atoms with van der Waals surface area (Å²) in [6, 6.07) is 12.4. The molecule has 0 spiro atoms. The maximum atomic E-state index is 8.83. The highest BCUT2D eigenvalue weighted by Crippen LogP contribution is 2.18. The van der Waals surface area contributed by atoms with Crippen molar-refractivity contribution >= 4 is 11.4 Å². The molecule has 2 N–H and O–H groups in total. The Labute approximate surface area is 161 Å². The van der Waals surface area contributed by atoms with Crippen LogP contribution in [0.5, 0.6) is 11.5 Å². The van der Waals surface area contributed by atoms with Gasteiger partial charge in [0.1, 0.15) is 11.5 Å². The van der Waals surface area contributed by atoms with Crippen LogP contribution in [-0.4, -0.2) is 48.4 Å². The molecule has 0 amide bonds. The van der Waals surface area contributed by atoms with E-state index in [9.17, 15) is 0 Å². The first-order valence-electron chi connectivity index (χ1n) is 8.44. The zero-order valence-corrected chi connectivity index (χ0v) is 16.5. The van der Waals surface area contributed by atoms with E-state index in [2.05, 4.69) is 9.97 Å². The Kier molecular flexibility index (Phi) is 9.15. The number of hydrogen-bond donors (Lipinski definition) is 2. The summed E-state index contributed by atoms with van der Waals surface area (Å²) in [5.41, 5.74) is 3.22. The lowest BCUT2D eigenvalue weighted by Gasteiger charge is -2.10. The van der Waals surface area contributed by atoms with E-state index >= 15 is 0 Å². The van der Waals surface area contributed by atoms with Gasteiger partial charge in [-0.3, -0.25) is 9.97 Å². The molecule has 2 heterocycles. The molecule has 0 fully saturated rings. The van der Waals surface area contributed by atoms with Gasteiger partial charge in [-0.15, -0.1) is 0 Å². The molecule has 0 saturated carbocycles. The van der Waals surface area contributed by atoms with Gasteiger partial charge in [-0.2, -0.15) is 0 Å². The molecule has 27 heavy (non-hydrogen) atoms. The van der Waals surface area contributed by atoms with Crippen LogP contribution in [0, 0.1) is 6.92 Å². The van der Waals surface area contributed by atoms with Gasteiger partial charge in [0.05, 0.1) is 0 Å². The van der Waals surface area contributed by atoms with E-state index in [-0.39, 0.29) is 11.5 Å². The normalized spacial score (nSPS) is 9.22. The van der Waals surface area contributed by atoms with E-state index in [1.54, 1.807) is 43.8 Å². The lowest BCUT2D eigenvalue weighted by atomic mass is 10.2. The lowest BCUT2D eigenvalue weighted by molar-refractivity contribution is 0.450. The van der Waals surface area contributed by atoms with Crippen molar-refractivity contribution in [2.75, 3.05) is 38.0 Å². The molecule has 0 aliphatic rings. The van der Waals surface area contributed by atoms with Gasteiger partial charge in [-0.25, -0.2) is 0 Å². The van der Waals surface area contributed by atoms with Gasteiger partial charge in [0.15, 0.2) is 0 Å². The van der Waals surface area contributed by atoms with Crippen LogP contribution in [0.4, 0.5) is 11.4 Å². The molecule has 1 aromatic carbocycles. The fraction of sp³-hybridized carbons (Fsp3) is 0.238. The zero-order valence-electron chi connectivity index (χ0n) is 16.5. The molecule has 0 atom stereocenters. The van der Waals surface area contributed by atoms with Crippen molar-refractivity contribution in [3.8, 4) is 11.5 Å². The maximum Gasteiger partial charge on any atom is 0.119 e. The van der Waals surface area contributed by atoms with E-state index in [0.717, 1.165) is 5.56 Å². The summed E-state index contributed by atoms with van der Waals surface area (Å²) >= 11 is 0. The summed E-state index contributed by atoms with van der Waals surface area (Å²) in [6.07, 6.45) is 7.15. The minimum Gasteiger partial charge on any atom is -0.508 e. The van der Waals surface area contributed by atoms with Gasteiger partial charge >= 0.3 is 0 Å². The van der Waals surface area contributed by atoms with Crippen molar-refractivity contribution in [1.29, 1.82) is 0 Å². The number of aryl methyl sites for hydroxylation is 1. The van der Waals surface area contributed by atoms with E-state index in [0.29, 0.717) is 0 Å². The Bertz CT molecular complexity index is 685. The fourth-order valence-corrected chi connectivity index (χ4v) is 2.03. The summed E-state index contributed by atoms with van der Waals surface area (Å²) in [4.78, 5) is 11.9. The molecular weight excluding hydrogens is 340 g/mol. The van der Waals surface area contributed by atoms with Gasteiger partial charge < -0.3 is 20.0 Å². The second kappa shape index (κ2) is 11.4. The Morgan fingerprint density at radius 3 is 1.19 bits per heavy atom. The number of anilines is 2. The number of pyridine rings is 2. The van der Waals surface area contributed by atoms with Crippen molar-refractivity contribution < 1.29 is 10.2 Å². The van der Waals surface area contributed by atoms with E-state index in [4.69, 9.17) is 10.2 Å². The molecule has 0 radical (unpaired) electrons. The number of hydrogen-bond acceptors (Lipinski definition) is 6. The lowest BCUT2D eigenvalue weighted by Crippen LogP contribution is -2.07. The van der Waals surface area contributed by atoms with Crippen LogP contribution in [0.25, 0.3) is 0 Å². The standard InChI is InChI=1S/2C7H10N2.C7H8O2/c2*1-9(2)7-3-5-8-6-4-7;1-5-2-6(8)4-7(9)3-5/h2*3-6H,1-2H3;2-4,8-9H,1H3. The molecule has 3 aromatic rings. The molecular formula is C21H28N4O2. The van der Waals surface area contributed by atoms with Gasteiger partial charge in [0.25, 0.3) is 0 Å². The van der Waals surface area contributed by atoms with Crippen LogP contribution >= 0.6 is 0 Å². The Hall–Kier alpha value is -3.28. The molecule has 2 aromatic heterocycles. The summed E-state index contributed by atoms with van der Waals surface area (Å²) in [7, 11) is 8.04. The van der Waals surface area contributed by atoms with Crippen LogP contribution in [0.1, 0.15) is 5.56 Å². The Morgan fingerprint density at radius 1 is 0.630 bits per heavy atom. The molecule has 0 aliphatic carbocycles. The predicted molar refractivity (Wildman–Crippen MR) is 112 cm³/mol. The van der Waals surface area contributed by atoms with Crippen LogP contribution in [0.15, 0.2) is 67.3 Å². The number of phenols is 2. The quantitative estimate of drug-likeness (QED) is 0.719. The summed E-state index contributed by atoms with van der Waals surface area (Å²) in [5, 5.41) is 17.7. The molecule has 3 rings (SSSR count). The fourth-order valence-electron chi connectivity index (χ4n) is 2.03. The number of phenolic OH excluding ortho intramolecular Hbond substituents is 2. The molecule has 0 aliphatic heterocycles. The first kappa shape index (κ1) is 21.8. The van der Waals surface area contributed by atoms with Gasteiger partial charge in [0.2, 0.25) is 0 Å². The molecule has 0 unspecified atom stereocenters. The number of benzene rings is 1. The molecule has 6 nitrogen and oxygen atoms in total. The van der Waals surface area contributed by atoms with Crippen LogP contribution in [0.3, 0.4) is 0 Å². The summed E-state index contributed by atoms with van der Waals surface area (Å²) in [5.74, 6) is 0.208. The highest BCUT2D eigenvalue weighted by Gasteiger charge is 1.92. The molecule has 144 valence electrons. The zero-order chi connectivity index (χ0) is 20.2. The summed E-state index contributed by atoms with van der Waals surface area (Å²) in [6.45, 7) is 1.80. The van der Waals surface area contributed by atoms with E-state index in [1.165, 1.54) is 17.4 Å². The molecule has 0 bridgehead atoms. The first-order chi connectivity index (χ1) is 12.8. The van der Waals surface area contributed by atoms with Crippen molar-refractivity contribution in [2.45, 2.75) is 6.92 Å². The van der Waals surface area contributed by atoms with Crippen molar-refractivity contribution in [3.05, 3.63) is 72.8 Å². The maximum absolute atomic E-state index is 8.83. The third-order valence-corrected chi connectivity index (χ3v) is 3.41. The van der Waals surface area contributed by atoms with Gasteiger partial charge in [0, 0.05) is 70.4 Å². The van der Waals surface area contributed by atoms with Crippen LogP contribution < -0.4 is 9.80 Å².